The Morgan fingerprint density at radius 1 is 1.03 bits per heavy atom. The van der Waals surface area contributed by atoms with Gasteiger partial charge < -0.3 is 15.0 Å². The highest BCUT2D eigenvalue weighted by Crippen LogP contribution is 2.43. The summed E-state index contributed by atoms with van der Waals surface area (Å²) in [6, 6.07) is 22.9. The summed E-state index contributed by atoms with van der Waals surface area (Å²) in [5.41, 5.74) is 4.30. The highest BCUT2D eigenvalue weighted by atomic mass is 35.5. The van der Waals surface area contributed by atoms with Gasteiger partial charge in [0.25, 0.3) is 5.91 Å². The van der Waals surface area contributed by atoms with Crippen molar-refractivity contribution in [3.63, 3.8) is 0 Å². The second-order valence-electron chi connectivity index (χ2n) is 11.4. The average Bonchev–Trinajstić information content (AvgIpc) is 3.67. The van der Waals surface area contributed by atoms with Crippen molar-refractivity contribution in [2.45, 2.75) is 62.8 Å². The fourth-order valence-electron chi connectivity index (χ4n) is 6.55. The first-order chi connectivity index (χ1) is 19.0. The Labute approximate surface area is 233 Å². The maximum Gasteiger partial charge on any atom is 0.251 e. The van der Waals surface area contributed by atoms with Gasteiger partial charge in [-0.25, -0.2) is 0 Å². The Kier molecular flexibility index (Phi) is 6.32. The van der Waals surface area contributed by atoms with Crippen molar-refractivity contribution in [2.75, 3.05) is 7.05 Å². The van der Waals surface area contributed by atoms with Crippen molar-refractivity contribution in [3.05, 3.63) is 82.9 Å². The summed E-state index contributed by atoms with van der Waals surface area (Å²) >= 11 is 6.48. The number of nitrogens with one attached hydrogen (secondary N) is 2. The highest BCUT2D eigenvalue weighted by molar-refractivity contribution is 6.31. The minimum Gasteiger partial charge on any atom is -0.490 e. The van der Waals surface area contributed by atoms with Gasteiger partial charge in [-0.3, -0.25) is 9.89 Å². The van der Waals surface area contributed by atoms with E-state index in [1.165, 1.54) is 12.8 Å². The topological polar surface area (TPSA) is 70.2 Å². The molecule has 2 saturated heterocycles. The molecule has 3 fully saturated rings. The molecule has 1 unspecified atom stereocenters. The van der Waals surface area contributed by atoms with Crippen LogP contribution < -0.4 is 10.1 Å². The molecule has 7 heteroatoms. The number of rotatable bonds is 7. The predicted octanol–water partition coefficient (Wildman–Crippen LogP) is 6.77. The normalized spacial score (nSPS) is 23.6. The molecule has 3 aromatic carbocycles. The Morgan fingerprint density at radius 3 is 2.49 bits per heavy atom. The molecule has 2 bridgehead atoms. The molecule has 1 saturated carbocycles. The van der Waals surface area contributed by atoms with Crippen LogP contribution >= 0.6 is 11.6 Å². The monoisotopic (exact) mass is 540 g/mol. The third-order valence-electron chi connectivity index (χ3n) is 8.93. The van der Waals surface area contributed by atoms with E-state index >= 15 is 0 Å². The van der Waals surface area contributed by atoms with Crippen LogP contribution in [0.2, 0.25) is 5.02 Å². The number of fused-ring (bicyclic) bond motifs is 3. The minimum atomic E-state index is -0.100. The smallest absolute Gasteiger partial charge is 0.251 e. The number of amides is 1. The molecule has 4 atom stereocenters. The number of aromatic amines is 1. The standard InChI is InChI=1S/C32H33ClN4O2/c1-37-22-11-12-23(37)18-25(17-22)39-24-13-8-20(9-14-24)31-27-16-21(10-15-29(27)35-36-31)32(38)34-30(19-6-7-19)26-4-2-3-5-28(26)33/h2-5,8-10,13-16,19,22-23,25,30H,6-7,11-12,17-18H2,1H3,(H,34,38)(H,35,36)/t22-,23+,25-,30?. The Balaban J connectivity index is 1.09. The number of carbonyl (C=O) groups is 1. The average molecular weight is 541 g/mol. The van der Waals surface area contributed by atoms with E-state index in [0.29, 0.717) is 28.6 Å². The Morgan fingerprint density at radius 2 is 1.77 bits per heavy atom. The van der Waals surface area contributed by atoms with Gasteiger partial charge >= 0.3 is 0 Å². The van der Waals surface area contributed by atoms with Gasteiger partial charge in [-0.05, 0) is 106 Å². The van der Waals surface area contributed by atoms with Gasteiger partial charge in [0.15, 0.2) is 0 Å². The van der Waals surface area contributed by atoms with Crippen molar-refractivity contribution in [2.24, 2.45) is 5.92 Å². The zero-order valence-electron chi connectivity index (χ0n) is 22.1. The van der Waals surface area contributed by atoms with Gasteiger partial charge in [-0.15, -0.1) is 0 Å². The molecule has 1 aliphatic carbocycles. The third kappa shape index (κ3) is 4.81. The van der Waals surface area contributed by atoms with E-state index in [1.54, 1.807) is 0 Å². The van der Waals surface area contributed by atoms with Crippen LogP contribution in [0.3, 0.4) is 0 Å². The molecule has 3 heterocycles. The lowest BCUT2D eigenvalue weighted by atomic mass is 10.0. The van der Waals surface area contributed by atoms with Crippen molar-refractivity contribution >= 4 is 28.4 Å². The lowest BCUT2D eigenvalue weighted by Crippen LogP contribution is -2.43. The maximum atomic E-state index is 13.4. The highest BCUT2D eigenvalue weighted by Gasteiger charge is 2.39. The van der Waals surface area contributed by atoms with Crippen molar-refractivity contribution < 1.29 is 9.53 Å². The summed E-state index contributed by atoms with van der Waals surface area (Å²) in [4.78, 5) is 15.9. The van der Waals surface area contributed by atoms with Gasteiger partial charge in [0.1, 0.15) is 11.9 Å². The number of nitrogens with zero attached hydrogens (tertiary/aromatic N) is 2. The summed E-state index contributed by atoms with van der Waals surface area (Å²) in [7, 11) is 2.25. The summed E-state index contributed by atoms with van der Waals surface area (Å²) in [6.07, 6.45) is 7.24. The van der Waals surface area contributed by atoms with E-state index in [2.05, 4.69) is 39.6 Å². The lowest BCUT2D eigenvalue weighted by Gasteiger charge is -2.36. The Hall–Kier alpha value is -3.35. The second-order valence-corrected chi connectivity index (χ2v) is 11.8. The molecule has 6 nitrogen and oxygen atoms in total. The fraction of sp³-hybridized carbons (Fsp3) is 0.375. The molecular formula is C32H33ClN4O2. The lowest BCUT2D eigenvalue weighted by molar-refractivity contribution is 0.0662. The molecule has 1 amide bonds. The number of carbonyl (C=O) groups excluding carboxylic acids is 1. The zero-order chi connectivity index (χ0) is 26.5. The van der Waals surface area contributed by atoms with E-state index in [4.69, 9.17) is 16.3 Å². The third-order valence-corrected chi connectivity index (χ3v) is 9.28. The molecule has 3 aliphatic rings. The van der Waals surface area contributed by atoms with E-state index < -0.39 is 0 Å². The van der Waals surface area contributed by atoms with Crippen LogP contribution in [0.1, 0.15) is 60.5 Å². The number of halogens is 1. The van der Waals surface area contributed by atoms with Crippen LogP contribution in [0.4, 0.5) is 0 Å². The van der Waals surface area contributed by atoms with Gasteiger partial charge in [0.2, 0.25) is 0 Å². The quantitative estimate of drug-likeness (QED) is 0.271. The molecule has 0 spiro atoms. The first-order valence-electron chi connectivity index (χ1n) is 14.1. The number of hydrogen-bond donors (Lipinski definition) is 2. The van der Waals surface area contributed by atoms with Crippen molar-refractivity contribution in [1.82, 2.24) is 20.4 Å². The summed E-state index contributed by atoms with van der Waals surface area (Å²) in [5.74, 6) is 1.22. The number of ether oxygens (including phenoxy) is 1. The maximum absolute atomic E-state index is 13.4. The number of benzene rings is 3. The first kappa shape index (κ1) is 24.7. The van der Waals surface area contributed by atoms with Crippen LogP contribution in [0.5, 0.6) is 5.75 Å². The number of H-pyrrole nitrogens is 1. The number of hydrogen-bond acceptors (Lipinski definition) is 4. The van der Waals surface area contributed by atoms with Gasteiger partial charge in [-0.1, -0.05) is 29.8 Å². The Bertz CT molecular complexity index is 1500. The molecule has 2 N–H and O–H groups in total. The van der Waals surface area contributed by atoms with Gasteiger partial charge in [0.05, 0.1) is 17.3 Å². The zero-order valence-corrected chi connectivity index (χ0v) is 22.8. The van der Waals surface area contributed by atoms with Crippen LogP contribution in [0.25, 0.3) is 22.2 Å². The molecule has 0 radical (unpaired) electrons. The molecule has 4 aromatic rings. The number of aromatic nitrogens is 2. The van der Waals surface area contributed by atoms with Crippen LogP contribution in [-0.2, 0) is 0 Å². The molecular weight excluding hydrogens is 508 g/mol. The van der Waals surface area contributed by atoms with E-state index in [0.717, 1.165) is 59.2 Å². The molecule has 7 rings (SSSR count). The van der Waals surface area contributed by atoms with Crippen LogP contribution in [-0.4, -0.2) is 46.2 Å². The van der Waals surface area contributed by atoms with Crippen LogP contribution in [0, 0.1) is 5.92 Å². The number of piperidine rings is 1. The second kappa shape index (κ2) is 10.00. The summed E-state index contributed by atoms with van der Waals surface area (Å²) in [6.45, 7) is 0. The largest absolute Gasteiger partial charge is 0.490 e. The van der Waals surface area contributed by atoms with E-state index in [-0.39, 0.29) is 18.1 Å². The summed E-state index contributed by atoms with van der Waals surface area (Å²) < 4.78 is 6.38. The van der Waals surface area contributed by atoms with Crippen LogP contribution in [0.15, 0.2) is 66.7 Å². The molecule has 1 aromatic heterocycles. The summed E-state index contributed by atoms with van der Waals surface area (Å²) in [5, 5.41) is 12.6. The SMILES string of the molecule is CN1[C@@H]2CC[C@H]1C[C@H](Oc1ccc(-c3n[nH]c4ccc(C(=O)NC(c5ccccc5Cl)C5CC5)cc34)cc1)C2. The van der Waals surface area contributed by atoms with E-state index in [9.17, 15) is 4.79 Å². The first-order valence-corrected chi connectivity index (χ1v) is 14.4. The minimum absolute atomic E-state index is 0.0852. The van der Waals surface area contributed by atoms with E-state index in [1.807, 2.05) is 54.6 Å². The van der Waals surface area contributed by atoms with Crippen molar-refractivity contribution in [1.29, 1.82) is 0 Å². The molecule has 39 heavy (non-hydrogen) atoms. The van der Waals surface area contributed by atoms with Crippen molar-refractivity contribution in [3.8, 4) is 17.0 Å². The predicted molar refractivity (Wildman–Crippen MR) is 154 cm³/mol. The fourth-order valence-corrected chi connectivity index (χ4v) is 6.80. The molecule has 2 aliphatic heterocycles. The van der Waals surface area contributed by atoms with Gasteiger partial charge in [-0.2, -0.15) is 5.10 Å². The van der Waals surface area contributed by atoms with Gasteiger partial charge in [0, 0.05) is 33.6 Å². The molecule has 200 valence electrons.